The number of carbonyl (C=O) groups is 1. The Kier molecular flexibility index (Phi) is 4.73. The van der Waals surface area contributed by atoms with Crippen LogP contribution in [-0.2, 0) is 5.41 Å². The predicted octanol–water partition coefficient (Wildman–Crippen LogP) is 3.49. The van der Waals surface area contributed by atoms with Crippen molar-refractivity contribution in [3.63, 3.8) is 0 Å². The molecule has 1 heterocycles. The lowest BCUT2D eigenvalue weighted by Crippen LogP contribution is -2.30. The molecule has 0 amide bonds. The van der Waals surface area contributed by atoms with Crippen LogP contribution in [0, 0.1) is 0 Å². The van der Waals surface area contributed by atoms with E-state index in [1.165, 1.54) is 0 Å². The Hall–Kier alpha value is -2.28. The van der Waals surface area contributed by atoms with Crippen LogP contribution in [0.25, 0.3) is 10.9 Å². The maximum atomic E-state index is 13.3. The molecule has 0 saturated carbocycles. The third kappa shape index (κ3) is 2.92. The van der Waals surface area contributed by atoms with Gasteiger partial charge in [-0.15, -0.1) is 11.8 Å². The molecular weight excluding hydrogens is 374 g/mol. The molecule has 0 fully saturated rings. The Labute approximate surface area is 167 Å². The van der Waals surface area contributed by atoms with Crippen molar-refractivity contribution in [2.75, 3.05) is 19.5 Å². The van der Waals surface area contributed by atoms with Crippen LogP contribution in [-0.4, -0.2) is 46.6 Å². The smallest absolute Gasteiger partial charge is 0.195 e. The van der Waals surface area contributed by atoms with Crippen LogP contribution in [0.5, 0.6) is 5.75 Å². The Balaban J connectivity index is 1.82. The van der Waals surface area contributed by atoms with E-state index in [0.717, 1.165) is 32.6 Å². The fraction of sp³-hybridized carbons (Fsp3) is 0.318. The van der Waals surface area contributed by atoms with Crippen LogP contribution in [0.15, 0.2) is 41.3 Å². The zero-order valence-electron chi connectivity index (χ0n) is 16.1. The van der Waals surface area contributed by atoms with Crippen molar-refractivity contribution in [2.45, 2.75) is 30.3 Å². The normalized spacial score (nSPS) is 16.0. The number of aliphatic hydroxyl groups excluding tert-OH is 2. The highest BCUT2D eigenvalue weighted by atomic mass is 32.2. The van der Waals surface area contributed by atoms with Crippen molar-refractivity contribution < 1.29 is 19.7 Å². The molecule has 28 heavy (non-hydrogen) atoms. The molecule has 5 nitrogen and oxygen atoms in total. The van der Waals surface area contributed by atoms with Crippen LogP contribution in [0.4, 0.5) is 0 Å². The lowest BCUT2D eigenvalue weighted by Gasteiger charge is -2.32. The van der Waals surface area contributed by atoms with Crippen molar-refractivity contribution in [2.24, 2.45) is 0 Å². The van der Waals surface area contributed by atoms with Gasteiger partial charge in [0.05, 0.1) is 12.2 Å². The summed E-state index contributed by atoms with van der Waals surface area (Å²) in [5.41, 5.74) is 3.76. The number of aromatic nitrogens is 1. The summed E-state index contributed by atoms with van der Waals surface area (Å²) >= 11 is 1.67. The second-order valence-electron chi connectivity index (χ2n) is 7.60. The fourth-order valence-corrected chi connectivity index (χ4v) is 4.29. The summed E-state index contributed by atoms with van der Waals surface area (Å²) in [6.45, 7) is 3.83. The molecule has 2 aromatic carbocycles. The summed E-state index contributed by atoms with van der Waals surface area (Å²) in [4.78, 5) is 17.9. The Morgan fingerprint density at radius 2 is 2.00 bits per heavy atom. The van der Waals surface area contributed by atoms with Gasteiger partial charge in [0.1, 0.15) is 18.5 Å². The lowest BCUT2D eigenvalue weighted by molar-refractivity contribution is 0.0535. The van der Waals surface area contributed by atoms with Crippen molar-refractivity contribution >= 4 is 28.4 Å². The van der Waals surface area contributed by atoms with E-state index in [9.17, 15) is 9.90 Å². The van der Waals surface area contributed by atoms with Crippen LogP contribution in [0.2, 0.25) is 0 Å². The third-order valence-electron chi connectivity index (χ3n) is 5.42. The molecule has 0 unspecified atom stereocenters. The molecule has 3 N–H and O–H groups in total. The lowest BCUT2D eigenvalue weighted by atomic mass is 9.71. The first-order valence-corrected chi connectivity index (χ1v) is 10.4. The Morgan fingerprint density at radius 3 is 2.71 bits per heavy atom. The Morgan fingerprint density at radius 1 is 1.21 bits per heavy atom. The summed E-state index contributed by atoms with van der Waals surface area (Å²) in [6, 6.07) is 11.5. The van der Waals surface area contributed by atoms with Crippen molar-refractivity contribution in [1.82, 2.24) is 4.98 Å². The number of thioether (sulfide) groups is 1. The average molecular weight is 397 g/mol. The van der Waals surface area contributed by atoms with E-state index >= 15 is 0 Å². The highest BCUT2D eigenvalue weighted by Crippen LogP contribution is 2.45. The largest absolute Gasteiger partial charge is 0.491 e. The number of fused-ring (bicyclic) bond motifs is 4. The van der Waals surface area contributed by atoms with Crippen LogP contribution in [0.1, 0.15) is 41.0 Å². The van der Waals surface area contributed by atoms with Crippen LogP contribution >= 0.6 is 11.8 Å². The SMILES string of the molecule is CSc1ccc2c3c([nH]c2c1)C(C)(C)c1cc(OC[C@H](O)CO)ccc1C3=O. The summed E-state index contributed by atoms with van der Waals surface area (Å²) in [7, 11) is 0. The molecule has 146 valence electrons. The summed E-state index contributed by atoms with van der Waals surface area (Å²) in [6.07, 6.45) is 1.10. The molecule has 1 aliphatic carbocycles. The van der Waals surface area contributed by atoms with Gasteiger partial charge in [0.15, 0.2) is 5.78 Å². The third-order valence-corrected chi connectivity index (χ3v) is 6.15. The maximum absolute atomic E-state index is 13.3. The fourth-order valence-electron chi connectivity index (χ4n) is 3.85. The van der Waals surface area contributed by atoms with Crippen LogP contribution < -0.4 is 4.74 Å². The highest BCUT2D eigenvalue weighted by Gasteiger charge is 2.39. The summed E-state index contributed by atoms with van der Waals surface area (Å²) in [5, 5.41) is 19.4. The van der Waals surface area contributed by atoms with Gasteiger partial charge in [0.2, 0.25) is 0 Å². The van der Waals surface area contributed by atoms with Crippen molar-refractivity contribution in [3.8, 4) is 5.75 Å². The zero-order chi connectivity index (χ0) is 20.1. The number of benzene rings is 2. The molecule has 0 saturated heterocycles. The van der Waals surface area contributed by atoms with Gasteiger partial charge in [0, 0.05) is 32.5 Å². The van der Waals surface area contributed by atoms with E-state index in [1.807, 2.05) is 24.5 Å². The summed E-state index contributed by atoms with van der Waals surface area (Å²) in [5.74, 6) is 0.575. The van der Waals surface area contributed by atoms with Gasteiger partial charge >= 0.3 is 0 Å². The number of ketones is 1. The Bertz CT molecular complexity index is 1070. The summed E-state index contributed by atoms with van der Waals surface area (Å²) < 4.78 is 5.60. The molecule has 0 bridgehead atoms. The first kappa shape index (κ1) is 19.1. The van der Waals surface area contributed by atoms with Crippen LogP contribution in [0.3, 0.4) is 0 Å². The maximum Gasteiger partial charge on any atom is 0.195 e. The van der Waals surface area contributed by atoms with E-state index in [0.29, 0.717) is 11.3 Å². The van der Waals surface area contributed by atoms with Gasteiger partial charge in [0.25, 0.3) is 0 Å². The number of H-pyrrole nitrogens is 1. The predicted molar refractivity (Wildman–Crippen MR) is 111 cm³/mol. The van der Waals surface area contributed by atoms with E-state index in [4.69, 9.17) is 9.84 Å². The number of ether oxygens (including phenoxy) is 1. The molecule has 4 rings (SSSR count). The second kappa shape index (κ2) is 6.95. The zero-order valence-corrected chi connectivity index (χ0v) is 16.9. The molecule has 0 spiro atoms. The van der Waals surface area contributed by atoms with Gasteiger partial charge in [-0.3, -0.25) is 4.79 Å². The number of hydrogen-bond acceptors (Lipinski definition) is 5. The van der Waals surface area contributed by atoms with Crippen molar-refractivity contribution in [3.05, 3.63) is 58.8 Å². The standard InChI is InChI=1S/C22H23NO4S/c1-22(2)17-8-13(27-11-12(25)10-24)4-6-15(17)20(26)19-16-7-5-14(28-3)9-18(16)23-21(19)22/h4-9,12,23-25H,10-11H2,1-3H3/t12-/m1/s1. The molecule has 0 aliphatic heterocycles. The van der Waals surface area contributed by atoms with Gasteiger partial charge in [-0.05, 0) is 42.2 Å². The van der Waals surface area contributed by atoms with Crippen molar-refractivity contribution in [1.29, 1.82) is 0 Å². The monoisotopic (exact) mass is 397 g/mol. The first-order valence-electron chi connectivity index (χ1n) is 9.18. The average Bonchev–Trinajstić information content (AvgIpc) is 3.10. The number of rotatable bonds is 5. The number of aliphatic hydroxyl groups is 2. The minimum absolute atomic E-state index is 0.00123. The topological polar surface area (TPSA) is 82.6 Å². The highest BCUT2D eigenvalue weighted by molar-refractivity contribution is 7.98. The molecule has 0 radical (unpaired) electrons. The number of carbonyl (C=O) groups excluding carboxylic acids is 1. The van der Waals surface area contributed by atoms with E-state index < -0.39 is 11.5 Å². The molecule has 3 aromatic rings. The molecule has 1 aromatic heterocycles. The molecular formula is C22H23NO4S. The van der Waals surface area contributed by atoms with Gasteiger partial charge in [-0.25, -0.2) is 0 Å². The van der Waals surface area contributed by atoms with Gasteiger partial charge < -0.3 is 19.9 Å². The molecule has 6 heteroatoms. The van der Waals surface area contributed by atoms with Gasteiger partial charge in [-0.2, -0.15) is 0 Å². The number of aromatic amines is 1. The minimum atomic E-state index is -0.934. The molecule has 1 atom stereocenters. The van der Waals surface area contributed by atoms with E-state index in [1.54, 1.807) is 23.9 Å². The van der Waals surface area contributed by atoms with Gasteiger partial charge in [-0.1, -0.05) is 19.9 Å². The van der Waals surface area contributed by atoms with E-state index in [2.05, 4.69) is 24.9 Å². The molecule has 1 aliphatic rings. The minimum Gasteiger partial charge on any atom is -0.491 e. The first-order chi connectivity index (χ1) is 13.4. The quantitative estimate of drug-likeness (QED) is 0.574. The number of hydrogen-bond donors (Lipinski definition) is 3. The second-order valence-corrected chi connectivity index (χ2v) is 8.48. The van der Waals surface area contributed by atoms with E-state index in [-0.39, 0.29) is 19.0 Å². The number of nitrogens with one attached hydrogen (secondary N) is 1.